The monoisotopic (exact) mass is 1710 g/mol. The van der Waals surface area contributed by atoms with E-state index in [-0.39, 0.29) is 0 Å². The van der Waals surface area contributed by atoms with E-state index in [1.54, 1.807) is 0 Å². The van der Waals surface area contributed by atoms with Crippen molar-refractivity contribution in [3.63, 3.8) is 0 Å². The third-order valence-electron chi connectivity index (χ3n) is 21.3. The van der Waals surface area contributed by atoms with Crippen LogP contribution >= 0.6 is 0 Å². The number of ether oxygens (including phenoxy) is 17. The van der Waals surface area contributed by atoms with Crippen molar-refractivity contribution in [3.05, 3.63) is 0 Å². The number of aliphatic hydroxyl groups is 25. The molecule has 0 aliphatic carbocycles. The molecule has 46 atom stereocenters. The van der Waals surface area contributed by atoms with Gasteiger partial charge in [0.25, 0.3) is 5.79 Å². The molecule has 0 unspecified atom stereocenters. The van der Waals surface area contributed by atoms with E-state index in [0.29, 0.717) is 0 Å². The van der Waals surface area contributed by atoms with E-state index in [4.69, 9.17) is 80.5 Å². The molecule has 0 spiro atoms. The Hall–Kier alpha value is -4.33. The molecule has 9 saturated heterocycles. The number of carbonyl (C=O) groups excluding carboxylic acids is 4. The van der Waals surface area contributed by atoms with Crippen molar-refractivity contribution >= 4 is 29.6 Å². The summed E-state index contributed by atoms with van der Waals surface area (Å²) in [5.41, 5.74) is 0. The molecule has 0 aromatic heterocycles. The van der Waals surface area contributed by atoms with Gasteiger partial charge in [-0.05, 0) is 6.92 Å². The lowest BCUT2D eigenvalue weighted by Gasteiger charge is -2.51. The first-order valence-electron chi connectivity index (χ1n) is 37.1. The van der Waals surface area contributed by atoms with Crippen molar-refractivity contribution in [3.8, 4) is 0 Å². The number of hydrogen-bond acceptors (Lipinski definition) is 47. The second-order valence-electron chi connectivity index (χ2n) is 29.6. The molecule has 9 fully saturated rings. The van der Waals surface area contributed by atoms with Crippen LogP contribution < -0.4 is 21.3 Å². The molecule has 30 N–H and O–H groups in total. The number of amides is 4. The highest BCUT2D eigenvalue weighted by molar-refractivity contribution is 5.77. The number of aliphatic carboxylic acids is 1. The summed E-state index contributed by atoms with van der Waals surface area (Å²) in [6.07, 6.45) is -87.2. The molecule has 0 aromatic rings. The Morgan fingerprint density at radius 3 is 1.25 bits per heavy atom. The molecule has 117 heavy (non-hydrogen) atoms. The fourth-order valence-corrected chi connectivity index (χ4v) is 15.0. The first-order valence-corrected chi connectivity index (χ1v) is 37.1. The van der Waals surface area contributed by atoms with Crippen LogP contribution in [0.2, 0.25) is 0 Å². The van der Waals surface area contributed by atoms with Crippen molar-refractivity contribution in [2.45, 2.75) is 323 Å². The minimum Gasteiger partial charge on any atom is -0.477 e. The van der Waals surface area contributed by atoms with Gasteiger partial charge in [0.1, 0.15) is 207 Å². The molecular weight excluding hydrogens is 1600 g/mol. The lowest BCUT2D eigenvalue weighted by atomic mass is 9.88. The van der Waals surface area contributed by atoms with Crippen LogP contribution in [0.4, 0.5) is 0 Å². The smallest absolute Gasteiger partial charge is 0.364 e. The average Bonchev–Trinajstić information content (AvgIpc) is 0.806. The number of rotatable bonds is 31. The molecule has 52 heteroatoms. The van der Waals surface area contributed by atoms with E-state index in [2.05, 4.69) is 21.3 Å². The van der Waals surface area contributed by atoms with Gasteiger partial charge in [-0.25, -0.2) is 4.79 Å². The van der Waals surface area contributed by atoms with Gasteiger partial charge in [-0.3, -0.25) is 19.2 Å². The Labute approximate surface area is 662 Å². The summed E-state index contributed by atoms with van der Waals surface area (Å²) in [5, 5.41) is 298. The van der Waals surface area contributed by atoms with Gasteiger partial charge in [0.05, 0.1) is 71.1 Å². The van der Waals surface area contributed by atoms with Crippen molar-refractivity contribution in [2.75, 3.05) is 52.9 Å². The fourth-order valence-electron chi connectivity index (χ4n) is 15.0. The molecule has 4 amide bonds. The van der Waals surface area contributed by atoms with Crippen LogP contribution in [0.25, 0.3) is 0 Å². The second-order valence-corrected chi connectivity index (χ2v) is 29.6. The quantitative estimate of drug-likeness (QED) is 0.0306. The molecule has 0 aromatic carbocycles. The topological polar surface area (TPSA) is 816 Å². The maximum Gasteiger partial charge on any atom is 0.364 e. The Bertz CT molecular complexity index is 3190. The maximum atomic E-state index is 13.2. The highest BCUT2D eigenvalue weighted by Gasteiger charge is 2.63. The van der Waals surface area contributed by atoms with E-state index in [1.807, 2.05) is 0 Å². The molecule has 9 aliphatic heterocycles. The van der Waals surface area contributed by atoms with Crippen LogP contribution in [0.15, 0.2) is 0 Å². The number of aliphatic hydroxyl groups excluding tert-OH is 25. The van der Waals surface area contributed by atoms with Crippen LogP contribution in [0.5, 0.6) is 0 Å². The lowest BCUT2D eigenvalue weighted by Crippen LogP contribution is -2.71. The van der Waals surface area contributed by atoms with Gasteiger partial charge in [0.2, 0.25) is 23.6 Å². The minimum absolute atomic E-state index is 0.824. The molecule has 0 radical (unpaired) electrons. The minimum atomic E-state index is -3.28. The molecule has 9 aliphatic rings. The zero-order valence-electron chi connectivity index (χ0n) is 63.0. The third kappa shape index (κ3) is 21.4. The average molecular weight is 1710 g/mol. The van der Waals surface area contributed by atoms with Gasteiger partial charge < -0.3 is 235 Å². The van der Waals surface area contributed by atoms with Crippen LogP contribution in [-0.4, -0.2) is 497 Å². The van der Waals surface area contributed by atoms with Crippen LogP contribution in [-0.2, 0) is 104 Å². The van der Waals surface area contributed by atoms with Gasteiger partial charge in [-0.1, -0.05) is 0 Å². The number of carboxylic acid groups (broad SMARTS) is 1. The number of carbonyl (C=O) groups is 5. The van der Waals surface area contributed by atoms with Crippen molar-refractivity contribution in [2.24, 2.45) is 0 Å². The Morgan fingerprint density at radius 2 is 0.744 bits per heavy atom. The molecule has 9 rings (SSSR count). The predicted molar refractivity (Wildman–Crippen MR) is 359 cm³/mol. The van der Waals surface area contributed by atoms with Gasteiger partial charge >= 0.3 is 5.97 Å². The Balaban J connectivity index is 0.977. The third-order valence-corrected chi connectivity index (χ3v) is 21.3. The lowest BCUT2D eigenvalue weighted by molar-refractivity contribution is -0.393. The van der Waals surface area contributed by atoms with Crippen LogP contribution in [0, 0.1) is 0 Å². The summed E-state index contributed by atoms with van der Waals surface area (Å²) in [6.45, 7) is -3.93. The van der Waals surface area contributed by atoms with Gasteiger partial charge in [0, 0.05) is 34.1 Å². The summed E-state index contributed by atoms with van der Waals surface area (Å²) in [7, 11) is 0. The largest absolute Gasteiger partial charge is 0.477 e. The zero-order chi connectivity index (χ0) is 86.6. The standard InChI is InChI=1S/C65H108N4O48/c1-15-33(82)42(91)45(94)59(103-15)101-14-28-51(39(88)30(56(98)104-28)67-17(3)77)111-57-31(68-18(4)78)40(89)49(25(11-74)108-57)112-61-47(96)53(114-60-46(95)43(92)35(84)22(8-71)105-60)38(87)27(110-61)13-102-63-55(44(93)36(85)23(9-72)107-63)115-58-32(69-19(5)79)41(90)50(26(12-75)109-58)113-62-48(97)54(37(86)24(10-73)106-62)117-65(64(99)100)6-20(80)29(66-16(2)76)52(116-65)34(83)21(81)7-70/h15,20-63,70-75,80-98H,6-14H2,1-5H3,(H,66,76)(H,67,77)(H,68,78)(H,69,79)(H,99,100)/t15-,20-,21+,22+,23+,24+,25+,26+,27+,28+,29+,30+,31+,32+,33+,34+,35+,36+,37-,38+,39+,40+,41+,42+,43-,44-,45-,46-,47-,48+,49+,50+,51+,52+,53-,54-,55-,56+,57-,58-,59+,60+,61-,62-,63-,65-/m0/s1. The van der Waals surface area contributed by atoms with Gasteiger partial charge in [-0.15, -0.1) is 0 Å². The second kappa shape index (κ2) is 41.4. The number of nitrogens with one attached hydrogen (secondary N) is 4. The summed E-state index contributed by atoms with van der Waals surface area (Å²) in [6, 6.07) is -7.45. The van der Waals surface area contributed by atoms with Gasteiger partial charge in [0.15, 0.2) is 50.3 Å². The molecule has 0 bridgehead atoms. The Kier molecular flexibility index (Phi) is 34.2. The first kappa shape index (κ1) is 96.5. The molecular formula is C65H108N4O48. The summed E-state index contributed by atoms with van der Waals surface area (Å²) >= 11 is 0. The molecule has 676 valence electrons. The van der Waals surface area contributed by atoms with Crippen molar-refractivity contribution in [1.82, 2.24) is 21.3 Å². The summed E-state index contributed by atoms with van der Waals surface area (Å²) in [4.78, 5) is 63.9. The highest BCUT2D eigenvalue weighted by atomic mass is 16.8. The SMILES string of the molecule is CC(=O)N[C@@H]1[C@@H](O)[C@H](O[C@@H]2O[C@H](CO)[C@@H](O[C@@H]3O[C@H](CO[C@H]4O[C@H](CO)[C@@H](O)[C@H](O)[C@@H]4O[C@@H]4O[C@H](CO)[C@@H](O[C@@H]5O[C@H](CO)[C@H](O)[C@H](O[C@]6(C(=O)O)C[C@H](O)[C@@H](NC(C)=O)[C@H]([C@H](O)[C@H](O)CO)O6)[C@H]5O)[C@H](O)[C@H]4NC(C)=O)[C@@H](O)[C@H](O[C@H]4O[C@H](CO)[C@@H](O)[C@H](O)[C@@H]4O)[C@@H]3O)[C@H](O)[C@H]2NC(C)=O)[C@@H](CO[C@@H]2O[C@@H](C)[C@@H](O)[C@@H](O)[C@@H]2O)O[C@H]1O. The predicted octanol–water partition coefficient (Wildman–Crippen LogP) is -19.8. The van der Waals surface area contributed by atoms with E-state index >= 15 is 0 Å². The summed E-state index contributed by atoms with van der Waals surface area (Å²) < 4.78 is 99.8. The number of hydrogen-bond donors (Lipinski definition) is 30. The van der Waals surface area contributed by atoms with Crippen LogP contribution in [0.1, 0.15) is 41.0 Å². The molecule has 52 nitrogen and oxygen atoms in total. The maximum absolute atomic E-state index is 13.2. The van der Waals surface area contributed by atoms with Crippen molar-refractivity contribution < 1.29 is 237 Å². The van der Waals surface area contributed by atoms with E-state index < -0.39 is 371 Å². The van der Waals surface area contributed by atoms with E-state index in [1.165, 1.54) is 6.92 Å². The normalized spacial score (nSPS) is 47.9. The molecule has 0 saturated carbocycles. The van der Waals surface area contributed by atoms with Crippen molar-refractivity contribution in [1.29, 1.82) is 0 Å². The zero-order valence-corrected chi connectivity index (χ0v) is 63.0. The van der Waals surface area contributed by atoms with Gasteiger partial charge in [-0.2, -0.15) is 0 Å². The first-order chi connectivity index (χ1) is 55.1. The highest BCUT2D eigenvalue weighted by Crippen LogP contribution is 2.42. The number of carboxylic acids is 1. The Morgan fingerprint density at radius 1 is 0.368 bits per heavy atom. The summed E-state index contributed by atoms with van der Waals surface area (Å²) in [5.74, 6) is -9.08. The molecule has 9 heterocycles. The van der Waals surface area contributed by atoms with E-state index in [0.717, 1.165) is 27.7 Å². The van der Waals surface area contributed by atoms with E-state index in [9.17, 15) is 157 Å². The van der Waals surface area contributed by atoms with Crippen LogP contribution in [0.3, 0.4) is 0 Å². The fraction of sp³-hybridized carbons (Fsp3) is 0.923.